The molecule has 1 aliphatic rings. The van der Waals surface area contributed by atoms with Crippen molar-refractivity contribution in [3.63, 3.8) is 0 Å². The number of Topliss-reactive ketones (excluding diaryl/α,β-unsaturated/α-hetero) is 1. The van der Waals surface area contributed by atoms with Crippen LogP contribution in [0.2, 0.25) is 0 Å². The number of aliphatic hydroxyl groups is 1. The Morgan fingerprint density at radius 2 is 2.17 bits per heavy atom. The van der Waals surface area contributed by atoms with Gasteiger partial charge in [-0.2, -0.15) is 5.26 Å². The van der Waals surface area contributed by atoms with Crippen LogP contribution in [0.3, 0.4) is 0 Å². The Kier molecular flexibility index (Phi) is 5.52. The number of hydrogen-bond acceptors (Lipinski definition) is 7. The van der Waals surface area contributed by atoms with Gasteiger partial charge in [-0.15, -0.1) is 0 Å². The van der Waals surface area contributed by atoms with Gasteiger partial charge in [0.15, 0.2) is 11.3 Å². The van der Waals surface area contributed by atoms with Crippen LogP contribution in [-0.2, 0) is 16.7 Å². The first-order chi connectivity index (χ1) is 13.7. The molecule has 0 bridgehead atoms. The zero-order valence-electron chi connectivity index (χ0n) is 14.8. The van der Waals surface area contributed by atoms with Crippen molar-refractivity contribution in [3.05, 3.63) is 64.7 Å². The van der Waals surface area contributed by atoms with E-state index in [1.165, 1.54) is 24.4 Å². The number of amidine groups is 1. The largest absolute Gasteiger partial charge is 0.436 e. The first-order valence-electron chi connectivity index (χ1n) is 8.41. The summed E-state index contributed by atoms with van der Waals surface area (Å²) >= 11 is 0. The average Bonchev–Trinajstić information content (AvgIpc) is 2.68. The maximum absolute atomic E-state index is 14.5. The van der Waals surface area contributed by atoms with Gasteiger partial charge in [-0.1, -0.05) is 6.07 Å². The number of pyridine rings is 1. The van der Waals surface area contributed by atoms with E-state index in [1.807, 2.05) is 6.07 Å². The minimum atomic E-state index is -3.19. The van der Waals surface area contributed by atoms with Crippen molar-refractivity contribution in [2.24, 2.45) is 10.7 Å². The molecule has 2 atom stereocenters. The average molecular weight is 404 g/mol. The fourth-order valence-corrected chi connectivity index (χ4v) is 3.06. The van der Waals surface area contributed by atoms with E-state index in [9.17, 15) is 23.1 Å². The van der Waals surface area contributed by atoms with Crippen LogP contribution in [0.25, 0.3) is 0 Å². The summed E-state index contributed by atoms with van der Waals surface area (Å²) in [7, 11) is 0. The van der Waals surface area contributed by atoms with Gasteiger partial charge in [0.05, 0.1) is 5.56 Å². The smallest absolute Gasteiger partial charge is 0.285 e. The van der Waals surface area contributed by atoms with Gasteiger partial charge in [0.25, 0.3) is 12.4 Å². The number of aliphatic hydroxyl groups excluding tert-OH is 1. The lowest BCUT2D eigenvalue weighted by atomic mass is 9.84. The molecule has 1 unspecified atom stereocenters. The third kappa shape index (κ3) is 4.05. The molecule has 0 saturated carbocycles. The van der Waals surface area contributed by atoms with Gasteiger partial charge in [0.2, 0.25) is 6.29 Å². The summed E-state index contributed by atoms with van der Waals surface area (Å²) in [5.74, 6) is -1.43. The highest BCUT2D eigenvalue weighted by molar-refractivity contribution is 5.95. The molecular weight excluding hydrogens is 389 g/mol. The van der Waals surface area contributed by atoms with Crippen molar-refractivity contribution < 1.29 is 27.8 Å². The second-order valence-electron chi connectivity index (χ2n) is 6.41. The summed E-state index contributed by atoms with van der Waals surface area (Å²) in [6.45, 7) is 0. The number of nitrogens with two attached hydrogens (primary N) is 1. The van der Waals surface area contributed by atoms with Crippen LogP contribution in [0, 0.1) is 17.1 Å². The molecule has 2 aromatic rings. The van der Waals surface area contributed by atoms with Crippen LogP contribution < -0.4 is 5.73 Å². The van der Waals surface area contributed by atoms with Crippen molar-refractivity contribution in [2.75, 3.05) is 0 Å². The highest BCUT2D eigenvalue weighted by Gasteiger charge is 2.48. The van der Waals surface area contributed by atoms with E-state index >= 15 is 0 Å². The number of nitriles is 1. The number of hydrogen-bond donors (Lipinski definition) is 2. The second kappa shape index (κ2) is 7.89. The van der Waals surface area contributed by atoms with E-state index < -0.39 is 47.9 Å². The lowest BCUT2D eigenvalue weighted by Gasteiger charge is -2.35. The highest BCUT2D eigenvalue weighted by atomic mass is 19.3. The van der Waals surface area contributed by atoms with Crippen molar-refractivity contribution >= 4 is 11.8 Å². The Bertz CT molecular complexity index is 1000. The number of aromatic nitrogens is 1. The van der Waals surface area contributed by atoms with Crippen LogP contribution in [-0.4, -0.2) is 34.6 Å². The molecule has 0 amide bonds. The SMILES string of the molecule is N#Cc1ccc(C(=O)Cc2ccc(F)c([C@]3(C(F)F)CC(O)OC(N)=N3)c2)nc1. The number of rotatable bonds is 5. The summed E-state index contributed by atoms with van der Waals surface area (Å²) in [5.41, 5.74) is 3.01. The predicted octanol–water partition coefficient (Wildman–Crippen LogP) is 2.03. The Morgan fingerprint density at radius 1 is 1.41 bits per heavy atom. The Balaban J connectivity index is 1.96. The second-order valence-corrected chi connectivity index (χ2v) is 6.41. The molecule has 3 rings (SSSR count). The van der Waals surface area contributed by atoms with Gasteiger partial charge in [-0.3, -0.25) is 9.78 Å². The van der Waals surface area contributed by atoms with E-state index in [-0.39, 0.29) is 23.2 Å². The van der Waals surface area contributed by atoms with E-state index in [2.05, 4.69) is 14.7 Å². The van der Waals surface area contributed by atoms with Crippen LogP contribution in [0.1, 0.15) is 33.6 Å². The maximum Gasteiger partial charge on any atom is 0.285 e. The molecule has 1 aromatic heterocycles. The summed E-state index contributed by atoms with van der Waals surface area (Å²) in [4.78, 5) is 19.9. The van der Waals surface area contributed by atoms with Crippen molar-refractivity contribution in [2.45, 2.75) is 31.1 Å². The standard InChI is InChI=1S/C19H15F3N4O3/c20-13-3-1-10(6-15(27)14-4-2-11(8-23)9-25-14)5-12(13)19(17(21)22)7-16(28)29-18(24)26-19/h1-5,9,16-17,28H,6-7H2,(H2,24,26)/t16?,19-/m0/s1. The molecule has 3 N–H and O–H groups in total. The van der Waals surface area contributed by atoms with E-state index in [4.69, 9.17) is 11.0 Å². The van der Waals surface area contributed by atoms with Gasteiger partial charge in [0.1, 0.15) is 17.6 Å². The lowest BCUT2D eigenvalue weighted by molar-refractivity contribution is -0.0915. The van der Waals surface area contributed by atoms with Crippen molar-refractivity contribution in [3.8, 4) is 6.07 Å². The van der Waals surface area contributed by atoms with Crippen LogP contribution in [0.4, 0.5) is 13.2 Å². The molecule has 0 radical (unpaired) electrons. The number of aliphatic imine (C=N–C) groups is 1. The summed E-state index contributed by atoms with van der Waals surface area (Å²) in [5, 5.41) is 18.5. The Labute approximate surface area is 163 Å². The minimum absolute atomic E-state index is 0.0715. The fourth-order valence-electron chi connectivity index (χ4n) is 3.06. The number of nitrogens with zero attached hydrogens (tertiary/aromatic N) is 3. The van der Waals surface area contributed by atoms with Gasteiger partial charge in [0, 0.05) is 24.6 Å². The van der Waals surface area contributed by atoms with E-state index in [0.29, 0.717) is 0 Å². The maximum atomic E-state index is 14.5. The molecule has 0 fully saturated rings. The molecule has 1 aromatic carbocycles. The summed E-state index contributed by atoms with van der Waals surface area (Å²) in [6, 6.07) is 7.29. The third-order valence-electron chi connectivity index (χ3n) is 4.45. The molecule has 150 valence electrons. The molecule has 7 nitrogen and oxygen atoms in total. The number of ether oxygens (including phenoxy) is 1. The topological polar surface area (TPSA) is 122 Å². The predicted molar refractivity (Wildman–Crippen MR) is 94.4 cm³/mol. The van der Waals surface area contributed by atoms with Crippen LogP contribution >= 0.6 is 0 Å². The van der Waals surface area contributed by atoms with Gasteiger partial charge in [-0.25, -0.2) is 18.2 Å². The first kappa shape index (κ1) is 20.3. The van der Waals surface area contributed by atoms with Crippen LogP contribution in [0.15, 0.2) is 41.5 Å². The zero-order valence-corrected chi connectivity index (χ0v) is 14.8. The molecule has 0 saturated heterocycles. The molecule has 1 aliphatic heterocycles. The Hall–Kier alpha value is -3.45. The van der Waals surface area contributed by atoms with E-state index in [1.54, 1.807) is 0 Å². The van der Waals surface area contributed by atoms with Crippen LogP contribution in [0.5, 0.6) is 0 Å². The minimum Gasteiger partial charge on any atom is -0.436 e. The van der Waals surface area contributed by atoms with E-state index in [0.717, 1.165) is 12.1 Å². The number of halogens is 3. The number of alkyl halides is 2. The lowest BCUT2D eigenvalue weighted by Crippen LogP contribution is -2.45. The molecular formula is C19H15F3N4O3. The number of carbonyl (C=O) groups is 1. The highest BCUT2D eigenvalue weighted by Crippen LogP contribution is 2.41. The Morgan fingerprint density at radius 3 is 2.76 bits per heavy atom. The normalized spacial score (nSPS) is 21.2. The van der Waals surface area contributed by atoms with Gasteiger partial charge < -0.3 is 15.6 Å². The monoisotopic (exact) mass is 404 g/mol. The molecule has 0 aliphatic carbocycles. The molecule has 0 spiro atoms. The fraction of sp³-hybridized carbons (Fsp3) is 0.263. The third-order valence-corrected chi connectivity index (χ3v) is 4.45. The molecule has 29 heavy (non-hydrogen) atoms. The van der Waals surface area contributed by atoms with Gasteiger partial charge in [-0.05, 0) is 29.8 Å². The zero-order chi connectivity index (χ0) is 21.2. The number of benzene rings is 1. The van der Waals surface area contributed by atoms with Gasteiger partial charge >= 0.3 is 0 Å². The number of ketones is 1. The summed E-state index contributed by atoms with van der Waals surface area (Å²) < 4.78 is 47.0. The molecule has 2 heterocycles. The first-order valence-corrected chi connectivity index (χ1v) is 8.41. The van der Waals surface area contributed by atoms with Crippen molar-refractivity contribution in [1.29, 1.82) is 5.26 Å². The summed E-state index contributed by atoms with van der Waals surface area (Å²) in [6.07, 6.45) is -4.61. The quantitative estimate of drug-likeness (QED) is 0.736. The van der Waals surface area contributed by atoms with Crippen molar-refractivity contribution in [1.82, 2.24) is 4.98 Å². The number of carbonyl (C=O) groups excluding carboxylic acids is 1. The molecule has 10 heteroatoms.